The highest BCUT2D eigenvalue weighted by molar-refractivity contribution is 8.00. The molecule has 1 aliphatic heterocycles. The van der Waals surface area contributed by atoms with Crippen molar-refractivity contribution in [1.82, 2.24) is 9.55 Å². The highest BCUT2D eigenvalue weighted by Crippen LogP contribution is 2.46. The predicted molar refractivity (Wildman–Crippen MR) is 64.1 cm³/mol. The van der Waals surface area contributed by atoms with Gasteiger partial charge in [-0.25, -0.2) is 4.79 Å². The maximum absolute atomic E-state index is 12.9. The van der Waals surface area contributed by atoms with E-state index in [0.29, 0.717) is 0 Å². The third-order valence-corrected chi connectivity index (χ3v) is 4.24. The van der Waals surface area contributed by atoms with Crippen LogP contribution in [0.5, 0.6) is 0 Å². The molecule has 19 heavy (non-hydrogen) atoms. The van der Waals surface area contributed by atoms with Crippen molar-refractivity contribution >= 4 is 11.8 Å². The Kier molecular flexibility index (Phi) is 3.88. The SMILES string of the molecule is O=c1ccn([C@@H]2S[C@H](CO)[C@@H](O)C2=C(F)F)c(=O)[nH]1. The van der Waals surface area contributed by atoms with Crippen molar-refractivity contribution in [3.63, 3.8) is 0 Å². The Hall–Kier alpha value is -1.45. The Balaban J connectivity index is 2.52. The molecule has 0 spiro atoms. The molecule has 3 N–H and O–H groups in total. The molecule has 104 valence electrons. The zero-order valence-electron chi connectivity index (χ0n) is 9.42. The Bertz CT molecular complexity index is 622. The predicted octanol–water partition coefficient (Wildman–Crippen LogP) is -0.346. The molecule has 0 unspecified atom stereocenters. The number of rotatable bonds is 2. The fourth-order valence-electron chi connectivity index (χ4n) is 1.84. The van der Waals surface area contributed by atoms with Crippen molar-refractivity contribution < 1.29 is 19.0 Å². The monoisotopic (exact) mass is 292 g/mol. The van der Waals surface area contributed by atoms with Gasteiger partial charge in [-0.2, -0.15) is 8.78 Å². The summed E-state index contributed by atoms with van der Waals surface area (Å²) in [4.78, 5) is 24.5. The highest BCUT2D eigenvalue weighted by atomic mass is 32.2. The first-order chi connectivity index (χ1) is 8.95. The van der Waals surface area contributed by atoms with Gasteiger partial charge in [-0.05, 0) is 0 Å². The molecule has 0 bridgehead atoms. The molecule has 0 saturated carbocycles. The van der Waals surface area contributed by atoms with E-state index in [1.807, 2.05) is 4.98 Å². The minimum Gasteiger partial charge on any atom is -0.395 e. The normalized spacial score (nSPS) is 26.7. The molecule has 2 rings (SSSR count). The van der Waals surface area contributed by atoms with Crippen molar-refractivity contribution in [2.75, 3.05) is 6.61 Å². The molecule has 1 aliphatic rings. The number of halogens is 2. The summed E-state index contributed by atoms with van der Waals surface area (Å²) in [5.74, 6) is 0. The van der Waals surface area contributed by atoms with Gasteiger partial charge in [-0.3, -0.25) is 14.3 Å². The quantitative estimate of drug-likeness (QED) is 0.693. The van der Waals surface area contributed by atoms with Gasteiger partial charge in [0.1, 0.15) is 5.37 Å². The summed E-state index contributed by atoms with van der Waals surface area (Å²) in [6.45, 7) is -0.503. The zero-order valence-corrected chi connectivity index (χ0v) is 10.2. The Morgan fingerprint density at radius 2 is 2.16 bits per heavy atom. The first kappa shape index (κ1) is 14.0. The van der Waals surface area contributed by atoms with Crippen LogP contribution in [0.25, 0.3) is 0 Å². The highest BCUT2D eigenvalue weighted by Gasteiger charge is 2.42. The summed E-state index contributed by atoms with van der Waals surface area (Å²) < 4.78 is 26.7. The number of aromatic nitrogens is 2. The molecule has 0 amide bonds. The molecule has 9 heteroatoms. The first-order valence-electron chi connectivity index (χ1n) is 5.26. The average molecular weight is 292 g/mol. The van der Waals surface area contributed by atoms with Crippen LogP contribution < -0.4 is 11.2 Å². The van der Waals surface area contributed by atoms with E-state index in [4.69, 9.17) is 5.11 Å². The lowest BCUT2D eigenvalue weighted by Gasteiger charge is -2.13. The van der Waals surface area contributed by atoms with E-state index in [0.717, 1.165) is 28.6 Å². The third kappa shape index (κ3) is 2.48. The summed E-state index contributed by atoms with van der Waals surface area (Å²) in [6, 6.07) is 1.02. The van der Waals surface area contributed by atoms with Crippen LogP contribution >= 0.6 is 11.8 Å². The van der Waals surface area contributed by atoms with E-state index >= 15 is 0 Å². The minimum absolute atomic E-state index is 0.503. The maximum atomic E-state index is 12.9. The van der Waals surface area contributed by atoms with Crippen molar-refractivity contribution in [2.24, 2.45) is 0 Å². The van der Waals surface area contributed by atoms with Gasteiger partial charge in [-0.15, -0.1) is 11.8 Å². The van der Waals surface area contributed by atoms with Crippen molar-refractivity contribution in [2.45, 2.75) is 16.7 Å². The standard InChI is InChI=1S/C10H10F2N2O4S/c11-8(12)6-7(17)4(3-15)19-9(6)14-2-1-5(16)13-10(14)18/h1-2,4,7,9,15,17H,3H2,(H,13,16,18)/t4-,7-,9-/m1/s1. The van der Waals surface area contributed by atoms with Crippen molar-refractivity contribution in [1.29, 1.82) is 0 Å². The molecule has 1 saturated heterocycles. The molecule has 0 aromatic carbocycles. The first-order valence-corrected chi connectivity index (χ1v) is 6.21. The number of nitrogens with one attached hydrogen (secondary N) is 1. The van der Waals surface area contributed by atoms with Gasteiger partial charge in [0.05, 0.1) is 23.5 Å². The van der Waals surface area contributed by atoms with Crippen LogP contribution in [-0.2, 0) is 0 Å². The Morgan fingerprint density at radius 1 is 1.47 bits per heavy atom. The van der Waals surface area contributed by atoms with E-state index in [1.165, 1.54) is 0 Å². The number of aromatic amines is 1. The number of nitrogens with zero attached hydrogens (tertiary/aromatic N) is 1. The topological polar surface area (TPSA) is 95.3 Å². The third-order valence-electron chi connectivity index (χ3n) is 2.74. The Labute approximate surface area is 109 Å². The summed E-state index contributed by atoms with van der Waals surface area (Å²) in [5.41, 5.74) is -2.12. The fraction of sp³-hybridized carbons (Fsp3) is 0.400. The van der Waals surface area contributed by atoms with Crippen LogP contribution in [0.15, 0.2) is 33.5 Å². The molecule has 1 fully saturated rings. The smallest absolute Gasteiger partial charge is 0.329 e. The fourth-order valence-corrected chi connectivity index (χ4v) is 3.22. The van der Waals surface area contributed by atoms with Crippen LogP contribution in [0.4, 0.5) is 8.78 Å². The molecule has 0 radical (unpaired) electrons. The lowest BCUT2D eigenvalue weighted by Crippen LogP contribution is -2.31. The second-order valence-corrected chi connectivity index (χ2v) is 5.21. The van der Waals surface area contributed by atoms with E-state index in [9.17, 15) is 23.5 Å². The van der Waals surface area contributed by atoms with Gasteiger partial charge >= 0.3 is 5.69 Å². The summed E-state index contributed by atoms with van der Waals surface area (Å²) in [7, 11) is 0. The number of hydrogen-bond acceptors (Lipinski definition) is 5. The lowest BCUT2D eigenvalue weighted by atomic mass is 10.1. The molecule has 2 heterocycles. The van der Waals surface area contributed by atoms with Gasteiger partial charge in [0.25, 0.3) is 11.6 Å². The second kappa shape index (κ2) is 5.27. The molecule has 1 aromatic rings. The molecular weight excluding hydrogens is 282 g/mol. The summed E-state index contributed by atoms with van der Waals surface area (Å²) in [5, 5.41) is 16.7. The zero-order chi connectivity index (χ0) is 14.2. The van der Waals surface area contributed by atoms with Crippen LogP contribution in [0, 0.1) is 0 Å². The molecule has 6 nitrogen and oxygen atoms in total. The van der Waals surface area contributed by atoms with Gasteiger partial charge in [-0.1, -0.05) is 0 Å². The minimum atomic E-state index is -2.10. The van der Waals surface area contributed by atoms with E-state index in [-0.39, 0.29) is 0 Å². The average Bonchev–Trinajstić information content (AvgIpc) is 2.66. The van der Waals surface area contributed by atoms with Crippen molar-refractivity contribution in [3.8, 4) is 0 Å². The van der Waals surface area contributed by atoms with Gasteiger partial charge in [0, 0.05) is 12.3 Å². The maximum Gasteiger partial charge on any atom is 0.329 e. The van der Waals surface area contributed by atoms with Crippen LogP contribution in [0.1, 0.15) is 5.37 Å². The van der Waals surface area contributed by atoms with Crippen LogP contribution in [-0.4, -0.2) is 37.7 Å². The van der Waals surface area contributed by atoms with Crippen molar-refractivity contribution in [3.05, 3.63) is 44.8 Å². The van der Waals surface area contributed by atoms with Gasteiger partial charge in [0.2, 0.25) is 0 Å². The lowest BCUT2D eigenvalue weighted by molar-refractivity contribution is 0.164. The van der Waals surface area contributed by atoms with Crippen LogP contribution in [0.2, 0.25) is 0 Å². The number of aliphatic hydroxyl groups is 2. The van der Waals surface area contributed by atoms with Crippen LogP contribution in [0.3, 0.4) is 0 Å². The van der Waals surface area contributed by atoms with Gasteiger partial charge in [0.15, 0.2) is 0 Å². The van der Waals surface area contributed by atoms with E-state index < -0.39 is 46.2 Å². The molecule has 0 aliphatic carbocycles. The Morgan fingerprint density at radius 3 is 2.68 bits per heavy atom. The van der Waals surface area contributed by atoms with Gasteiger partial charge < -0.3 is 10.2 Å². The number of thioether (sulfide) groups is 1. The summed E-state index contributed by atoms with van der Waals surface area (Å²) >= 11 is 0.831. The summed E-state index contributed by atoms with van der Waals surface area (Å²) in [6.07, 6.45) is -2.56. The number of aliphatic hydroxyl groups excluding tert-OH is 2. The second-order valence-electron chi connectivity index (χ2n) is 3.89. The van der Waals surface area contributed by atoms with E-state index in [2.05, 4.69) is 0 Å². The van der Waals surface area contributed by atoms with E-state index in [1.54, 1.807) is 0 Å². The molecule has 1 aromatic heterocycles. The molecular formula is C10H10F2N2O4S. The molecule has 3 atom stereocenters. The number of hydrogen-bond donors (Lipinski definition) is 3. The largest absolute Gasteiger partial charge is 0.395 e. The number of H-pyrrole nitrogens is 1.